The number of hydrogen-bond donors (Lipinski definition) is 1. The molecule has 2 aromatic carbocycles. The van der Waals surface area contributed by atoms with Crippen molar-refractivity contribution >= 4 is 27.5 Å². The summed E-state index contributed by atoms with van der Waals surface area (Å²) in [7, 11) is -3.45. The standard InChI is InChI=1S/C24H31ClN2O3S/c1-3-24(4-2,20-10-12-21(25)13-11-20)23(28)26-18-19-14-16-27(17-15-19)31(29,30)22-8-6-5-7-9-22/h5-13,19H,3-4,14-18H2,1-2H3,(H,26,28). The first kappa shape index (κ1) is 23.8. The molecule has 0 atom stereocenters. The minimum Gasteiger partial charge on any atom is -0.355 e. The quantitative estimate of drug-likeness (QED) is 0.622. The lowest BCUT2D eigenvalue weighted by molar-refractivity contribution is -0.127. The molecular weight excluding hydrogens is 432 g/mol. The van der Waals surface area contributed by atoms with Gasteiger partial charge < -0.3 is 5.32 Å². The summed E-state index contributed by atoms with van der Waals surface area (Å²) < 4.78 is 27.1. The van der Waals surface area contributed by atoms with Crippen molar-refractivity contribution in [2.75, 3.05) is 19.6 Å². The largest absolute Gasteiger partial charge is 0.355 e. The molecular formula is C24H31ClN2O3S. The highest BCUT2D eigenvalue weighted by Crippen LogP contribution is 2.33. The molecule has 1 N–H and O–H groups in total. The van der Waals surface area contributed by atoms with Crippen LogP contribution in [0.25, 0.3) is 0 Å². The van der Waals surface area contributed by atoms with Crippen LogP contribution in [0.4, 0.5) is 0 Å². The molecule has 0 bridgehead atoms. The highest BCUT2D eigenvalue weighted by Gasteiger charge is 2.37. The van der Waals surface area contributed by atoms with E-state index in [2.05, 4.69) is 5.32 Å². The first-order valence-electron chi connectivity index (χ1n) is 10.9. The Morgan fingerprint density at radius 3 is 2.16 bits per heavy atom. The summed E-state index contributed by atoms with van der Waals surface area (Å²) in [6.45, 7) is 5.58. The average molecular weight is 463 g/mol. The Morgan fingerprint density at radius 1 is 1.03 bits per heavy atom. The molecule has 7 heteroatoms. The second-order valence-corrected chi connectivity index (χ2v) is 10.5. The molecule has 1 saturated heterocycles. The fourth-order valence-electron chi connectivity index (χ4n) is 4.38. The molecule has 0 unspecified atom stereocenters. The molecule has 1 amide bonds. The third kappa shape index (κ3) is 5.13. The monoisotopic (exact) mass is 462 g/mol. The summed E-state index contributed by atoms with van der Waals surface area (Å²) in [5.41, 5.74) is 0.394. The van der Waals surface area contributed by atoms with Crippen molar-refractivity contribution < 1.29 is 13.2 Å². The Kier molecular flexibility index (Phi) is 7.78. The summed E-state index contributed by atoms with van der Waals surface area (Å²) in [4.78, 5) is 13.5. The van der Waals surface area contributed by atoms with Crippen molar-refractivity contribution in [2.45, 2.75) is 49.8 Å². The SMILES string of the molecule is CCC(CC)(C(=O)NCC1CCN(S(=O)(=O)c2ccccc2)CC1)c1ccc(Cl)cc1. The van der Waals surface area contributed by atoms with Crippen molar-refractivity contribution in [3.8, 4) is 0 Å². The Morgan fingerprint density at radius 2 is 1.61 bits per heavy atom. The molecule has 0 saturated carbocycles. The molecule has 1 aliphatic heterocycles. The van der Waals surface area contributed by atoms with Crippen molar-refractivity contribution in [3.63, 3.8) is 0 Å². The van der Waals surface area contributed by atoms with Gasteiger partial charge >= 0.3 is 0 Å². The number of amides is 1. The van der Waals surface area contributed by atoms with Crippen LogP contribution in [-0.4, -0.2) is 38.3 Å². The number of carbonyl (C=O) groups excluding carboxylic acids is 1. The number of nitrogens with zero attached hydrogens (tertiary/aromatic N) is 1. The molecule has 1 heterocycles. The Hall–Kier alpha value is -1.89. The van der Waals surface area contributed by atoms with Crippen LogP contribution in [0, 0.1) is 5.92 Å². The van der Waals surface area contributed by atoms with Crippen molar-refractivity contribution in [3.05, 3.63) is 65.2 Å². The number of carbonyl (C=O) groups is 1. The van der Waals surface area contributed by atoms with Crippen molar-refractivity contribution in [1.82, 2.24) is 9.62 Å². The van der Waals surface area contributed by atoms with Gasteiger partial charge in [0.15, 0.2) is 0 Å². The van der Waals surface area contributed by atoms with Gasteiger partial charge in [-0.3, -0.25) is 4.79 Å². The molecule has 31 heavy (non-hydrogen) atoms. The lowest BCUT2D eigenvalue weighted by Gasteiger charge is -2.34. The van der Waals surface area contributed by atoms with E-state index in [9.17, 15) is 13.2 Å². The zero-order valence-corrected chi connectivity index (χ0v) is 19.8. The minimum atomic E-state index is -3.45. The van der Waals surface area contributed by atoms with Crippen LogP contribution in [0.15, 0.2) is 59.5 Å². The summed E-state index contributed by atoms with van der Waals surface area (Å²) >= 11 is 6.03. The van der Waals surface area contributed by atoms with Crippen LogP contribution in [-0.2, 0) is 20.2 Å². The summed E-state index contributed by atoms with van der Waals surface area (Å²) in [6.07, 6.45) is 2.87. The smallest absolute Gasteiger partial charge is 0.243 e. The number of sulfonamides is 1. The van der Waals surface area contributed by atoms with E-state index in [1.165, 1.54) is 0 Å². The molecule has 0 spiro atoms. The van der Waals surface area contributed by atoms with Gasteiger partial charge in [-0.05, 0) is 61.4 Å². The number of benzene rings is 2. The molecule has 3 rings (SSSR count). The van der Waals surface area contributed by atoms with E-state index in [1.807, 2.05) is 44.2 Å². The molecule has 5 nitrogen and oxygen atoms in total. The van der Waals surface area contributed by atoms with Crippen LogP contribution >= 0.6 is 11.6 Å². The number of hydrogen-bond acceptors (Lipinski definition) is 3. The van der Waals surface area contributed by atoms with Gasteiger partial charge in [0.1, 0.15) is 0 Å². The Balaban J connectivity index is 1.59. The fraction of sp³-hybridized carbons (Fsp3) is 0.458. The zero-order valence-electron chi connectivity index (χ0n) is 18.2. The predicted molar refractivity (Wildman–Crippen MR) is 125 cm³/mol. The van der Waals surface area contributed by atoms with E-state index in [1.54, 1.807) is 28.6 Å². The number of rotatable bonds is 8. The topological polar surface area (TPSA) is 66.5 Å². The van der Waals surface area contributed by atoms with Crippen LogP contribution < -0.4 is 5.32 Å². The van der Waals surface area contributed by atoms with E-state index < -0.39 is 15.4 Å². The van der Waals surface area contributed by atoms with Gasteiger partial charge in [-0.25, -0.2) is 8.42 Å². The molecule has 2 aromatic rings. The van der Waals surface area contributed by atoms with Crippen LogP contribution in [0.5, 0.6) is 0 Å². The van der Waals surface area contributed by atoms with E-state index in [4.69, 9.17) is 11.6 Å². The highest BCUT2D eigenvalue weighted by atomic mass is 35.5. The number of nitrogens with one attached hydrogen (secondary N) is 1. The molecule has 168 valence electrons. The maximum atomic E-state index is 13.2. The van der Waals surface area contributed by atoms with Gasteiger partial charge in [0.25, 0.3) is 0 Å². The lowest BCUT2D eigenvalue weighted by atomic mass is 9.75. The van der Waals surface area contributed by atoms with Crippen molar-refractivity contribution in [1.29, 1.82) is 0 Å². The van der Waals surface area contributed by atoms with Gasteiger partial charge in [0.05, 0.1) is 10.3 Å². The summed E-state index contributed by atoms with van der Waals surface area (Å²) in [6, 6.07) is 16.1. The highest BCUT2D eigenvalue weighted by molar-refractivity contribution is 7.89. The van der Waals surface area contributed by atoms with E-state index >= 15 is 0 Å². The summed E-state index contributed by atoms with van der Waals surface area (Å²) in [5.74, 6) is 0.293. The fourth-order valence-corrected chi connectivity index (χ4v) is 6.00. The van der Waals surface area contributed by atoms with Crippen molar-refractivity contribution in [2.24, 2.45) is 5.92 Å². The molecule has 0 aromatic heterocycles. The van der Waals surface area contributed by atoms with Gasteiger partial charge in [-0.15, -0.1) is 0 Å². The number of halogens is 1. The molecule has 1 fully saturated rings. The van der Waals surface area contributed by atoms with Gasteiger partial charge in [-0.2, -0.15) is 4.31 Å². The lowest BCUT2D eigenvalue weighted by Crippen LogP contribution is -2.47. The first-order chi connectivity index (χ1) is 14.8. The Labute approximate surface area is 190 Å². The third-order valence-corrected chi connectivity index (χ3v) is 8.71. The van der Waals surface area contributed by atoms with Crippen LogP contribution in [0.3, 0.4) is 0 Å². The third-order valence-electron chi connectivity index (χ3n) is 6.54. The second kappa shape index (κ2) is 10.2. The van der Waals surface area contributed by atoms with E-state index in [0.29, 0.717) is 42.4 Å². The first-order valence-corrected chi connectivity index (χ1v) is 12.7. The van der Waals surface area contributed by atoms with E-state index in [0.717, 1.165) is 18.4 Å². The number of piperidine rings is 1. The normalized spacial score (nSPS) is 16.2. The molecule has 0 aliphatic carbocycles. The van der Waals surface area contributed by atoms with Gasteiger partial charge in [-0.1, -0.05) is 55.8 Å². The predicted octanol–water partition coefficient (Wildman–Crippen LogP) is 4.61. The maximum Gasteiger partial charge on any atom is 0.243 e. The Bertz CT molecular complexity index is 966. The van der Waals surface area contributed by atoms with E-state index in [-0.39, 0.29) is 11.8 Å². The van der Waals surface area contributed by atoms with Gasteiger partial charge in [0.2, 0.25) is 15.9 Å². The molecule has 0 radical (unpaired) electrons. The average Bonchev–Trinajstić information content (AvgIpc) is 2.81. The summed E-state index contributed by atoms with van der Waals surface area (Å²) in [5, 5.41) is 3.81. The second-order valence-electron chi connectivity index (χ2n) is 8.17. The van der Waals surface area contributed by atoms with Gasteiger partial charge in [0, 0.05) is 24.7 Å². The maximum absolute atomic E-state index is 13.2. The zero-order chi connectivity index (χ0) is 22.5. The minimum absolute atomic E-state index is 0.0270. The van der Waals surface area contributed by atoms with Crippen LogP contribution in [0.2, 0.25) is 5.02 Å². The van der Waals surface area contributed by atoms with Crippen LogP contribution in [0.1, 0.15) is 45.1 Å². The molecule has 1 aliphatic rings.